The van der Waals surface area contributed by atoms with Gasteiger partial charge in [0, 0.05) is 22.7 Å². The van der Waals surface area contributed by atoms with Crippen molar-refractivity contribution in [2.24, 2.45) is 0 Å². The van der Waals surface area contributed by atoms with Crippen LogP contribution in [0.5, 0.6) is 0 Å². The van der Waals surface area contributed by atoms with Crippen molar-refractivity contribution in [2.45, 2.75) is 17.3 Å². The third-order valence-corrected chi connectivity index (χ3v) is 5.72. The van der Waals surface area contributed by atoms with E-state index in [0.717, 1.165) is 16.8 Å². The summed E-state index contributed by atoms with van der Waals surface area (Å²) in [6.07, 6.45) is 1.65. The van der Waals surface area contributed by atoms with Crippen LogP contribution >= 0.6 is 23.1 Å². The summed E-state index contributed by atoms with van der Waals surface area (Å²) >= 11 is 2.64. The molecule has 0 radical (unpaired) electrons. The number of anilines is 1. The van der Waals surface area contributed by atoms with Crippen LogP contribution in [0.15, 0.2) is 77.4 Å². The largest absolute Gasteiger partial charge is 0.301 e. The highest BCUT2D eigenvalue weighted by Crippen LogP contribution is 2.30. The van der Waals surface area contributed by atoms with Crippen LogP contribution in [0.25, 0.3) is 22.5 Å². The molecule has 0 bridgehead atoms. The van der Waals surface area contributed by atoms with Crippen molar-refractivity contribution in [3.8, 4) is 22.5 Å². The van der Waals surface area contributed by atoms with Crippen LogP contribution in [0.2, 0.25) is 0 Å². The molecule has 29 heavy (non-hydrogen) atoms. The lowest BCUT2D eigenvalue weighted by Crippen LogP contribution is -2.22. The van der Waals surface area contributed by atoms with Crippen LogP contribution in [0.4, 0.5) is 5.13 Å². The number of hydrogen-bond donors (Lipinski definition) is 1. The molecule has 0 spiro atoms. The van der Waals surface area contributed by atoms with Gasteiger partial charge in [0.05, 0.1) is 5.25 Å². The second-order valence-electron chi connectivity index (χ2n) is 6.11. The van der Waals surface area contributed by atoms with E-state index in [2.05, 4.69) is 20.5 Å². The number of benzene rings is 2. The van der Waals surface area contributed by atoms with Crippen LogP contribution in [0.3, 0.4) is 0 Å². The molecule has 0 fully saturated rings. The van der Waals surface area contributed by atoms with Gasteiger partial charge in [0.15, 0.2) is 5.13 Å². The normalized spacial score (nSPS) is 11.8. The Morgan fingerprint density at radius 1 is 0.966 bits per heavy atom. The molecular weight excluding hydrogens is 402 g/mol. The van der Waals surface area contributed by atoms with E-state index in [4.69, 9.17) is 4.98 Å². The van der Waals surface area contributed by atoms with Crippen LogP contribution in [0.1, 0.15) is 6.92 Å². The molecule has 2 aromatic carbocycles. The molecule has 8 heteroatoms. The summed E-state index contributed by atoms with van der Waals surface area (Å²) < 4.78 is 0. The highest BCUT2D eigenvalue weighted by Gasteiger charge is 2.19. The molecule has 0 saturated heterocycles. The molecule has 0 aliphatic heterocycles. The second-order valence-corrected chi connectivity index (χ2v) is 8.31. The van der Waals surface area contributed by atoms with Gasteiger partial charge in [-0.15, -0.1) is 21.5 Å². The Hall–Kier alpha value is -3.10. The monoisotopic (exact) mass is 419 g/mol. The summed E-state index contributed by atoms with van der Waals surface area (Å²) in [5.74, 6) is -0.151. The van der Waals surface area contributed by atoms with E-state index in [1.54, 1.807) is 6.20 Å². The number of rotatable bonds is 6. The molecule has 1 atom stereocenters. The van der Waals surface area contributed by atoms with Gasteiger partial charge in [0.25, 0.3) is 0 Å². The summed E-state index contributed by atoms with van der Waals surface area (Å²) in [5.41, 5.74) is 3.34. The zero-order valence-electron chi connectivity index (χ0n) is 15.5. The van der Waals surface area contributed by atoms with Gasteiger partial charge in [0.2, 0.25) is 11.1 Å². The number of nitrogens with one attached hydrogen (secondary N) is 1. The lowest BCUT2D eigenvalue weighted by atomic mass is 10.0. The molecule has 0 unspecified atom stereocenters. The molecule has 0 saturated carbocycles. The van der Waals surface area contributed by atoms with E-state index in [-0.39, 0.29) is 5.91 Å². The molecule has 6 nitrogen and oxygen atoms in total. The van der Waals surface area contributed by atoms with Crippen LogP contribution in [-0.4, -0.2) is 31.3 Å². The maximum Gasteiger partial charge on any atom is 0.239 e. The zero-order valence-corrected chi connectivity index (χ0v) is 17.2. The third kappa shape index (κ3) is 4.67. The summed E-state index contributed by atoms with van der Waals surface area (Å²) in [6.45, 7) is 1.81. The summed E-state index contributed by atoms with van der Waals surface area (Å²) in [5, 5.41) is 13.9. The molecule has 4 rings (SSSR count). The van der Waals surface area contributed by atoms with E-state index in [9.17, 15) is 4.79 Å². The number of carbonyl (C=O) groups excluding carboxylic acids is 1. The number of amides is 1. The van der Waals surface area contributed by atoms with Crippen molar-refractivity contribution in [3.63, 3.8) is 0 Å². The third-order valence-electron chi connectivity index (χ3n) is 4.08. The number of aromatic nitrogens is 4. The SMILES string of the molecule is C[C@H](Sc1nnc(-c2ccccc2)c(-c2ccccc2)n1)C(=O)Nc1nccs1. The first kappa shape index (κ1) is 19.2. The van der Waals surface area contributed by atoms with Crippen molar-refractivity contribution in [1.82, 2.24) is 20.2 Å². The maximum atomic E-state index is 12.4. The van der Waals surface area contributed by atoms with E-state index >= 15 is 0 Å². The van der Waals surface area contributed by atoms with Crippen molar-refractivity contribution < 1.29 is 4.79 Å². The van der Waals surface area contributed by atoms with Crippen molar-refractivity contribution in [3.05, 3.63) is 72.2 Å². The van der Waals surface area contributed by atoms with Crippen molar-refractivity contribution in [2.75, 3.05) is 5.32 Å². The summed E-state index contributed by atoms with van der Waals surface area (Å²) in [6, 6.07) is 19.7. The summed E-state index contributed by atoms with van der Waals surface area (Å²) in [4.78, 5) is 21.2. The highest BCUT2D eigenvalue weighted by molar-refractivity contribution is 8.00. The van der Waals surface area contributed by atoms with E-state index < -0.39 is 5.25 Å². The van der Waals surface area contributed by atoms with Gasteiger partial charge in [-0.05, 0) is 6.92 Å². The van der Waals surface area contributed by atoms with Gasteiger partial charge in [-0.25, -0.2) is 9.97 Å². The van der Waals surface area contributed by atoms with Crippen LogP contribution in [-0.2, 0) is 4.79 Å². The van der Waals surface area contributed by atoms with E-state index in [0.29, 0.717) is 16.0 Å². The number of carbonyl (C=O) groups is 1. The van der Waals surface area contributed by atoms with Gasteiger partial charge in [-0.1, -0.05) is 72.4 Å². The van der Waals surface area contributed by atoms with Gasteiger partial charge >= 0.3 is 0 Å². The number of hydrogen-bond acceptors (Lipinski definition) is 7. The minimum atomic E-state index is -0.396. The molecule has 0 aliphatic carbocycles. The first-order valence-corrected chi connectivity index (χ1v) is 10.7. The average Bonchev–Trinajstić information content (AvgIpc) is 3.28. The smallest absolute Gasteiger partial charge is 0.239 e. The molecule has 1 N–H and O–H groups in total. The first-order chi connectivity index (χ1) is 14.2. The summed E-state index contributed by atoms with van der Waals surface area (Å²) in [7, 11) is 0. The van der Waals surface area contributed by atoms with Gasteiger partial charge in [0.1, 0.15) is 11.4 Å². The Labute approximate surface area is 176 Å². The maximum absolute atomic E-state index is 12.4. The first-order valence-electron chi connectivity index (χ1n) is 8.93. The fourth-order valence-corrected chi connectivity index (χ4v) is 3.90. The zero-order chi connectivity index (χ0) is 20.1. The minimum absolute atomic E-state index is 0.151. The minimum Gasteiger partial charge on any atom is -0.301 e. The lowest BCUT2D eigenvalue weighted by Gasteiger charge is -2.12. The topological polar surface area (TPSA) is 80.7 Å². The van der Waals surface area contributed by atoms with Crippen LogP contribution < -0.4 is 5.32 Å². The van der Waals surface area contributed by atoms with Crippen molar-refractivity contribution >= 4 is 34.1 Å². The van der Waals surface area contributed by atoms with Gasteiger partial charge in [-0.2, -0.15) is 0 Å². The number of thiazole rings is 1. The predicted molar refractivity (Wildman–Crippen MR) is 117 cm³/mol. The van der Waals surface area contributed by atoms with Crippen LogP contribution in [0, 0.1) is 0 Å². The Bertz CT molecular complexity index is 1090. The Morgan fingerprint density at radius 3 is 2.24 bits per heavy atom. The number of thioether (sulfide) groups is 1. The second kappa shape index (κ2) is 8.93. The molecule has 2 aromatic heterocycles. The molecule has 1 amide bonds. The fourth-order valence-electron chi connectivity index (χ4n) is 2.65. The Morgan fingerprint density at radius 2 is 1.62 bits per heavy atom. The standard InChI is InChI=1S/C21H17N5OS2/c1-14(19(27)24-20-22-12-13-28-20)29-21-23-17(15-8-4-2-5-9-15)18(25-26-21)16-10-6-3-7-11-16/h2-14H,1H3,(H,22,24,27)/t14-/m0/s1. The van der Waals surface area contributed by atoms with Gasteiger partial charge in [-0.3, -0.25) is 4.79 Å². The molecule has 144 valence electrons. The quantitative estimate of drug-likeness (QED) is 0.453. The predicted octanol–water partition coefficient (Wildman–Crippen LogP) is 4.78. The highest BCUT2D eigenvalue weighted by atomic mass is 32.2. The van der Waals surface area contributed by atoms with Crippen molar-refractivity contribution in [1.29, 1.82) is 0 Å². The Balaban J connectivity index is 1.62. The lowest BCUT2D eigenvalue weighted by molar-refractivity contribution is -0.115. The van der Waals surface area contributed by atoms with E-state index in [1.807, 2.05) is 73.0 Å². The molecule has 2 heterocycles. The average molecular weight is 420 g/mol. The van der Waals surface area contributed by atoms with Gasteiger partial charge < -0.3 is 5.32 Å². The molecule has 0 aliphatic rings. The molecular formula is C21H17N5OS2. The Kier molecular flexibility index (Phi) is 5.92. The number of nitrogens with zero attached hydrogens (tertiary/aromatic N) is 4. The fraction of sp³-hybridized carbons (Fsp3) is 0.0952. The van der Waals surface area contributed by atoms with E-state index in [1.165, 1.54) is 23.1 Å². The molecule has 4 aromatic rings.